The Kier molecular flexibility index (Phi) is 9.58. The summed E-state index contributed by atoms with van der Waals surface area (Å²) in [6, 6.07) is 12.3. The summed E-state index contributed by atoms with van der Waals surface area (Å²) in [4.78, 5) is 26.9. The first-order valence-corrected chi connectivity index (χ1v) is 21.3. The SMILES string of the molecule is O=C1c2ccccc2C(=O)c2c(NCCNP34=NP(N5CC5)(=NP(N5CC5)(N5CC5)=N3)OCCOCCOCCOCCO4)cccc21. The Hall–Kier alpha value is -2.09. The molecule has 258 valence electrons. The number of hydrogen-bond donors (Lipinski definition) is 2. The summed E-state index contributed by atoms with van der Waals surface area (Å²) in [6.07, 6.45) is 0. The number of fused-ring (bicyclic) bond motifs is 3. The summed E-state index contributed by atoms with van der Waals surface area (Å²) in [5.74, 6) is -0.303. The number of benzene rings is 2. The summed E-state index contributed by atoms with van der Waals surface area (Å²) in [5, 5.41) is 7.06. The normalized spacial score (nSPS) is 29.4. The van der Waals surface area contributed by atoms with Crippen molar-refractivity contribution in [1.82, 2.24) is 19.1 Å². The van der Waals surface area contributed by atoms with E-state index in [0.717, 1.165) is 39.3 Å². The Morgan fingerprint density at radius 2 is 1.19 bits per heavy atom. The number of nitrogens with zero attached hydrogens (tertiary/aromatic N) is 6. The first-order chi connectivity index (χ1) is 23.5. The molecule has 0 amide bonds. The molecule has 2 unspecified atom stereocenters. The van der Waals surface area contributed by atoms with Crippen LogP contribution in [0.2, 0.25) is 0 Å². The fourth-order valence-corrected chi connectivity index (χ4v) is 18.7. The third kappa shape index (κ3) is 6.69. The first kappa shape index (κ1) is 33.1. The van der Waals surface area contributed by atoms with Gasteiger partial charge in [0.05, 0.1) is 58.4 Å². The fourth-order valence-electron chi connectivity index (χ4n) is 5.95. The van der Waals surface area contributed by atoms with Gasteiger partial charge in [-0.3, -0.25) is 9.59 Å². The van der Waals surface area contributed by atoms with E-state index >= 15 is 0 Å². The van der Waals surface area contributed by atoms with E-state index in [2.05, 4.69) is 24.4 Å². The Morgan fingerprint density at radius 3 is 1.83 bits per heavy atom. The molecule has 48 heavy (non-hydrogen) atoms. The van der Waals surface area contributed by atoms with Crippen LogP contribution in [0.1, 0.15) is 31.8 Å². The van der Waals surface area contributed by atoms with E-state index in [-0.39, 0.29) is 11.6 Å². The minimum Gasteiger partial charge on any atom is -0.383 e. The molecule has 15 nitrogen and oxygen atoms in total. The molecule has 3 saturated heterocycles. The van der Waals surface area contributed by atoms with E-state index in [0.29, 0.717) is 93.9 Å². The number of rotatable bonds is 8. The van der Waals surface area contributed by atoms with Gasteiger partial charge < -0.3 is 28.6 Å². The molecule has 2 N–H and O–H groups in total. The maximum atomic E-state index is 13.6. The zero-order valence-corrected chi connectivity index (χ0v) is 29.4. The van der Waals surface area contributed by atoms with Gasteiger partial charge in [-0.25, -0.2) is 19.1 Å². The van der Waals surface area contributed by atoms with Gasteiger partial charge >= 0.3 is 0 Å². The summed E-state index contributed by atoms with van der Waals surface area (Å²) >= 11 is 0. The number of nitrogens with one attached hydrogen (secondary N) is 2. The predicted octanol–water partition coefficient (Wildman–Crippen LogP) is 4.36. The highest BCUT2D eigenvalue weighted by Gasteiger charge is 2.54. The third-order valence-corrected chi connectivity index (χ3v) is 19.4. The molecule has 2 atom stereocenters. The second-order valence-electron chi connectivity index (χ2n) is 12.0. The lowest BCUT2D eigenvalue weighted by atomic mass is 9.83. The van der Waals surface area contributed by atoms with E-state index in [1.54, 1.807) is 36.4 Å². The van der Waals surface area contributed by atoms with Gasteiger partial charge in [0.2, 0.25) is 7.51 Å². The second-order valence-corrected chi connectivity index (χ2v) is 19.9. The number of anilines is 1. The second kappa shape index (κ2) is 13.9. The van der Waals surface area contributed by atoms with Crippen LogP contribution in [-0.2, 0) is 23.3 Å². The predicted molar refractivity (Wildman–Crippen MR) is 183 cm³/mol. The van der Waals surface area contributed by atoms with Crippen molar-refractivity contribution >= 4 is 39.9 Å². The fraction of sp³-hybridized carbons (Fsp3) is 0.533. The van der Waals surface area contributed by atoms with Crippen LogP contribution >= 0.6 is 22.7 Å². The largest absolute Gasteiger partial charge is 0.383 e. The Morgan fingerprint density at radius 1 is 0.604 bits per heavy atom. The van der Waals surface area contributed by atoms with Gasteiger partial charge in [-0.2, -0.15) is 13.5 Å². The van der Waals surface area contributed by atoms with Crippen LogP contribution in [0.3, 0.4) is 0 Å². The van der Waals surface area contributed by atoms with Gasteiger partial charge in [-0.15, -0.1) is 0 Å². The van der Waals surface area contributed by atoms with Crippen LogP contribution in [0.25, 0.3) is 0 Å². The number of ether oxygens (including phenoxy) is 3. The molecule has 3 fully saturated rings. The molecule has 5 heterocycles. The van der Waals surface area contributed by atoms with Gasteiger partial charge in [0.25, 0.3) is 15.2 Å². The van der Waals surface area contributed by atoms with E-state index in [1.807, 2.05) is 6.07 Å². The van der Waals surface area contributed by atoms with Crippen LogP contribution < -0.4 is 10.4 Å². The summed E-state index contributed by atoms with van der Waals surface area (Å²) in [7, 11) is -8.33. The highest BCUT2D eigenvalue weighted by Crippen LogP contribution is 2.83. The van der Waals surface area contributed by atoms with Crippen LogP contribution in [-0.4, -0.2) is 131 Å². The summed E-state index contributed by atoms with van der Waals surface area (Å²) < 4.78 is 54.0. The molecule has 2 bridgehead atoms. The molecule has 1 aliphatic carbocycles. The monoisotopic (exact) mass is 718 g/mol. The van der Waals surface area contributed by atoms with Crippen molar-refractivity contribution in [2.24, 2.45) is 13.5 Å². The molecule has 18 heteroatoms. The maximum absolute atomic E-state index is 13.6. The zero-order chi connectivity index (χ0) is 32.6. The van der Waals surface area contributed by atoms with Crippen LogP contribution in [0.5, 0.6) is 0 Å². The highest BCUT2D eigenvalue weighted by atomic mass is 31.3. The summed E-state index contributed by atoms with van der Waals surface area (Å²) in [5.41, 5.74) is 2.29. The van der Waals surface area contributed by atoms with E-state index in [1.165, 1.54) is 0 Å². The zero-order valence-electron chi connectivity index (χ0n) is 26.7. The van der Waals surface area contributed by atoms with Gasteiger partial charge in [-0.1, -0.05) is 36.4 Å². The molecule has 6 aliphatic rings. The average Bonchev–Trinajstić information content (AvgIpc) is 3.94. The number of carbonyl (C=O) groups is 2. The van der Waals surface area contributed by atoms with Gasteiger partial charge in [0.15, 0.2) is 11.6 Å². The first-order valence-electron chi connectivity index (χ1n) is 16.5. The Bertz CT molecular complexity index is 1750. The molecule has 8 rings (SSSR count). The molecular formula is C30H41N8O7P3. The van der Waals surface area contributed by atoms with Gasteiger partial charge in [-0.05, 0) is 6.07 Å². The summed E-state index contributed by atoms with van der Waals surface area (Å²) in [6.45, 7) is 9.64. The lowest BCUT2D eigenvalue weighted by Crippen LogP contribution is -2.25. The third-order valence-electron chi connectivity index (χ3n) is 8.56. The number of carbonyl (C=O) groups excluding carboxylic acids is 2. The van der Waals surface area contributed by atoms with Gasteiger partial charge in [0, 0.05) is 74.7 Å². The van der Waals surface area contributed by atoms with Crippen molar-refractivity contribution in [3.63, 3.8) is 0 Å². The van der Waals surface area contributed by atoms with Gasteiger partial charge in [0.1, 0.15) is 0 Å². The molecule has 2 aromatic rings. The molecule has 0 saturated carbocycles. The lowest BCUT2D eigenvalue weighted by molar-refractivity contribution is 0.00521. The smallest absolute Gasteiger partial charge is 0.283 e. The number of ketones is 2. The molecule has 2 aromatic carbocycles. The maximum Gasteiger partial charge on any atom is 0.283 e. The van der Waals surface area contributed by atoms with E-state index < -0.39 is 22.7 Å². The molecule has 0 spiro atoms. The molecule has 5 aliphatic heterocycles. The molecule has 0 radical (unpaired) electrons. The van der Waals surface area contributed by atoms with Crippen molar-refractivity contribution in [3.8, 4) is 0 Å². The van der Waals surface area contributed by atoms with E-state index in [9.17, 15) is 9.59 Å². The van der Waals surface area contributed by atoms with Crippen molar-refractivity contribution in [2.75, 3.05) is 111 Å². The minimum atomic E-state index is -3.03. The Labute approximate surface area is 280 Å². The quantitative estimate of drug-likeness (QED) is 0.194. The lowest BCUT2D eigenvalue weighted by Gasteiger charge is -2.36. The highest BCUT2D eigenvalue weighted by molar-refractivity contribution is 7.81. The molecular weight excluding hydrogens is 677 g/mol. The van der Waals surface area contributed by atoms with Crippen molar-refractivity contribution < 1.29 is 32.8 Å². The van der Waals surface area contributed by atoms with Crippen LogP contribution in [0.4, 0.5) is 5.69 Å². The van der Waals surface area contributed by atoms with Crippen LogP contribution in [0.15, 0.2) is 56.0 Å². The van der Waals surface area contributed by atoms with Crippen molar-refractivity contribution in [2.45, 2.75) is 0 Å². The number of hydrogen-bond acceptors (Lipinski definition) is 15. The standard InChI is InChI=1S/C30H41N8O7P3/c39-29-24-4-1-2-5-25(24)30(40)28-26(29)6-3-7-27(28)31-8-9-32-46-33-47(36-10-11-36,37-12-13-37)35-48(34-46,38-14-15-38)45-23-21-43-19-17-41-16-18-42-20-22-44-46/h1-7,31-32H,8-23H2. The van der Waals surface area contributed by atoms with Crippen molar-refractivity contribution in [1.29, 1.82) is 0 Å². The molecule has 0 aromatic heterocycles. The topological polar surface area (TPSA) is 150 Å². The van der Waals surface area contributed by atoms with Crippen molar-refractivity contribution in [3.05, 3.63) is 64.7 Å². The minimum absolute atomic E-state index is 0.144. The van der Waals surface area contributed by atoms with E-state index in [4.69, 9.17) is 36.8 Å². The average molecular weight is 719 g/mol. The Balaban J connectivity index is 1.09. The van der Waals surface area contributed by atoms with Crippen LogP contribution in [0, 0.1) is 0 Å².